The highest BCUT2D eigenvalue weighted by molar-refractivity contribution is 7.10. The first-order valence-electron chi connectivity index (χ1n) is 11.9. The highest BCUT2D eigenvalue weighted by atomic mass is 32.1. The molecule has 4 aromatic rings. The van der Waals surface area contributed by atoms with Crippen molar-refractivity contribution in [1.82, 2.24) is 14.9 Å². The van der Waals surface area contributed by atoms with Gasteiger partial charge >= 0.3 is 0 Å². The third-order valence-corrected chi connectivity index (χ3v) is 7.43. The fraction of sp³-hybridized carbons (Fsp3) is 0.250. The van der Waals surface area contributed by atoms with Gasteiger partial charge in [-0.15, -0.1) is 11.3 Å². The van der Waals surface area contributed by atoms with Gasteiger partial charge in [-0.05, 0) is 68.8 Å². The van der Waals surface area contributed by atoms with E-state index in [1.165, 1.54) is 0 Å². The number of nitrogens with zero attached hydrogens (tertiary/aromatic N) is 3. The number of carbonyl (C=O) groups excluding carboxylic acids is 1. The summed E-state index contributed by atoms with van der Waals surface area (Å²) < 4.78 is 0. The number of carbonyl (C=O) groups is 1. The van der Waals surface area contributed by atoms with Crippen LogP contribution >= 0.6 is 11.3 Å². The number of anilines is 2. The van der Waals surface area contributed by atoms with Gasteiger partial charge in [-0.2, -0.15) is 0 Å². The van der Waals surface area contributed by atoms with E-state index >= 15 is 0 Å². The van der Waals surface area contributed by atoms with Crippen molar-refractivity contribution in [2.24, 2.45) is 0 Å². The Kier molecular flexibility index (Phi) is 6.88. The van der Waals surface area contributed by atoms with Gasteiger partial charge in [-0.3, -0.25) is 14.7 Å². The van der Waals surface area contributed by atoms with Crippen LogP contribution in [0.5, 0.6) is 0 Å². The number of aromatic nitrogens is 2. The van der Waals surface area contributed by atoms with E-state index in [2.05, 4.69) is 27.3 Å². The fourth-order valence-electron chi connectivity index (χ4n) is 4.53. The number of amides is 1. The predicted octanol–water partition coefficient (Wildman–Crippen LogP) is 5.73. The minimum atomic E-state index is -0.182. The van der Waals surface area contributed by atoms with Crippen molar-refractivity contribution in [1.29, 1.82) is 0 Å². The number of hydrogen-bond donors (Lipinski definition) is 2. The van der Waals surface area contributed by atoms with Crippen LogP contribution in [0.15, 0.2) is 72.1 Å². The van der Waals surface area contributed by atoms with E-state index in [-0.39, 0.29) is 5.91 Å². The maximum absolute atomic E-state index is 13.0. The quantitative estimate of drug-likeness (QED) is 0.342. The molecule has 7 heteroatoms. The summed E-state index contributed by atoms with van der Waals surface area (Å²) in [5.74, 6) is 0.212. The molecule has 1 amide bonds. The van der Waals surface area contributed by atoms with Crippen molar-refractivity contribution in [3.8, 4) is 11.1 Å². The first-order chi connectivity index (χ1) is 17.0. The number of likely N-dealkylation sites (tertiary alicyclic amines) is 1. The Balaban J connectivity index is 1.21. The van der Waals surface area contributed by atoms with Gasteiger partial charge in [-0.1, -0.05) is 36.4 Å². The van der Waals surface area contributed by atoms with Gasteiger partial charge in [-0.25, -0.2) is 4.98 Å². The summed E-state index contributed by atoms with van der Waals surface area (Å²) in [5.41, 5.74) is 11.9. The monoisotopic (exact) mass is 483 g/mol. The lowest BCUT2D eigenvalue weighted by Crippen LogP contribution is -2.32. The second-order valence-electron chi connectivity index (χ2n) is 9.01. The topological polar surface area (TPSA) is 84.1 Å². The van der Waals surface area contributed by atoms with Crippen LogP contribution in [0.1, 0.15) is 45.6 Å². The summed E-state index contributed by atoms with van der Waals surface area (Å²) in [5, 5.41) is 5.98. The first kappa shape index (κ1) is 23.2. The Morgan fingerprint density at radius 1 is 1.03 bits per heavy atom. The SMILES string of the molecule is Cc1cccc(CN2CCC(c3nc(C(=O)Nc4ccccc4-c4ccc(N)cc4)cs3)CC2)n1. The third kappa shape index (κ3) is 5.58. The average Bonchev–Trinajstić information content (AvgIpc) is 3.36. The molecule has 2 aromatic heterocycles. The molecule has 0 saturated carbocycles. The van der Waals surface area contributed by atoms with E-state index in [9.17, 15) is 4.79 Å². The molecular weight excluding hydrogens is 454 g/mol. The highest BCUT2D eigenvalue weighted by Crippen LogP contribution is 2.32. The maximum Gasteiger partial charge on any atom is 0.275 e. The summed E-state index contributed by atoms with van der Waals surface area (Å²) in [4.78, 5) is 24.8. The molecule has 5 rings (SSSR count). The Morgan fingerprint density at radius 2 is 1.80 bits per heavy atom. The van der Waals surface area contributed by atoms with Crippen LogP contribution in [0.2, 0.25) is 0 Å². The summed E-state index contributed by atoms with van der Waals surface area (Å²) in [6.45, 7) is 4.93. The zero-order valence-corrected chi connectivity index (χ0v) is 20.6. The number of rotatable bonds is 6. The average molecular weight is 484 g/mol. The van der Waals surface area contributed by atoms with E-state index in [1.54, 1.807) is 11.3 Å². The van der Waals surface area contributed by atoms with E-state index in [1.807, 2.05) is 66.9 Å². The molecule has 178 valence electrons. The molecule has 0 unspecified atom stereocenters. The molecule has 1 saturated heterocycles. The molecule has 3 N–H and O–H groups in total. The molecule has 0 bridgehead atoms. The molecule has 1 aliphatic heterocycles. The number of benzene rings is 2. The molecular formula is C28H29N5OS. The Hall–Kier alpha value is -3.55. The van der Waals surface area contributed by atoms with Crippen molar-refractivity contribution in [2.45, 2.75) is 32.2 Å². The van der Waals surface area contributed by atoms with Crippen molar-refractivity contribution in [3.63, 3.8) is 0 Å². The van der Waals surface area contributed by atoms with E-state index in [0.29, 0.717) is 17.3 Å². The molecule has 0 aliphatic carbocycles. The molecule has 1 fully saturated rings. The minimum absolute atomic E-state index is 0.182. The number of nitrogens with one attached hydrogen (secondary N) is 1. The second kappa shape index (κ2) is 10.4. The number of hydrogen-bond acceptors (Lipinski definition) is 6. The van der Waals surface area contributed by atoms with Crippen molar-refractivity contribution in [3.05, 3.63) is 94.2 Å². The van der Waals surface area contributed by atoms with Gasteiger partial charge in [0.05, 0.1) is 10.7 Å². The molecule has 0 radical (unpaired) electrons. The van der Waals surface area contributed by atoms with E-state index < -0.39 is 0 Å². The normalized spacial score (nSPS) is 14.7. The van der Waals surface area contributed by atoms with Crippen LogP contribution < -0.4 is 11.1 Å². The number of pyridine rings is 1. The minimum Gasteiger partial charge on any atom is -0.399 e. The van der Waals surface area contributed by atoms with Gasteiger partial charge < -0.3 is 11.1 Å². The third-order valence-electron chi connectivity index (χ3n) is 6.42. The number of nitrogen functional groups attached to an aromatic ring is 1. The number of aryl methyl sites for hydroxylation is 1. The van der Waals surface area contributed by atoms with Crippen molar-refractivity contribution in [2.75, 3.05) is 24.1 Å². The molecule has 35 heavy (non-hydrogen) atoms. The van der Waals surface area contributed by atoms with Gasteiger partial charge in [0.2, 0.25) is 0 Å². The maximum atomic E-state index is 13.0. The molecule has 3 heterocycles. The van der Waals surface area contributed by atoms with Crippen LogP contribution in [0, 0.1) is 6.92 Å². The van der Waals surface area contributed by atoms with Gasteiger partial charge in [0.1, 0.15) is 5.69 Å². The van der Waals surface area contributed by atoms with Crippen LogP contribution in [-0.4, -0.2) is 33.9 Å². The number of nitrogens with two attached hydrogens (primary N) is 1. The van der Waals surface area contributed by atoms with Gasteiger partial charge in [0, 0.05) is 40.5 Å². The number of piperidine rings is 1. The van der Waals surface area contributed by atoms with Crippen molar-refractivity contribution < 1.29 is 4.79 Å². The van der Waals surface area contributed by atoms with Crippen LogP contribution in [-0.2, 0) is 6.54 Å². The Bertz CT molecular complexity index is 1310. The standard InChI is InChI=1S/C28H29N5OS/c1-19-5-4-6-23(30-19)17-33-15-13-21(14-16-33)28-32-26(18-35-28)27(34)31-25-8-3-2-7-24(25)20-9-11-22(29)12-10-20/h2-12,18,21H,13-17,29H2,1H3,(H,31,34). The zero-order chi connectivity index (χ0) is 24.2. The zero-order valence-electron chi connectivity index (χ0n) is 19.8. The molecule has 2 aromatic carbocycles. The molecule has 6 nitrogen and oxygen atoms in total. The lowest BCUT2D eigenvalue weighted by Gasteiger charge is -2.30. The Labute approximate surface area is 209 Å². The van der Waals surface area contributed by atoms with Crippen LogP contribution in [0.25, 0.3) is 11.1 Å². The number of para-hydroxylation sites is 1. The Morgan fingerprint density at radius 3 is 2.57 bits per heavy atom. The van der Waals surface area contributed by atoms with Gasteiger partial charge in [0.25, 0.3) is 5.91 Å². The highest BCUT2D eigenvalue weighted by Gasteiger charge is 2.24. The smallest absolute Gasteiger partial charge is 0.275 e. The summed E-state index contributed by atoms with van der Waals surface area (Å²) >= 11 is 1.59. The van der Waals surface area contributed by atoms with Crippen LogP contribution in [0.4, 0.5) is 11.4 Å². The first-order valence-corrected chi connectivity index (χ1v) is 12.8. The molecule has 0 atom stereocenters. The second-order valence-corrected chi connectivity index (χ2v) is 9.90. The lowest BCUT2D eigenvalue weighted by atomic mass is 9.97. The van der Waals surface area contributed by atoms with Crippen LogP contribution in [0.3, 0.4) is 0 Å². The summed E-state index contributed by atoms with van der Waals surface area (Å²) in [6, 6.07) is 21.6. The van der Waals surface area contributed by atoms with E-state index in [4.69, 9.17) is 10.7 Å². The van der Waals surface area contributed by atoms with Crippen molar-refractivity contribution >= 4 is 28.6 Å². The fourth-order valence-corrected chi connectivity index (χ4v) is 5.50. The van der Waals surface area contributed by atoms with Gasteiger partial charge in [0.15, 0.2) is 0 Å². The lowest BCUT2D eigenvalue weighted by molar-refractivity contribution is 0.102. The summed E-state index contributed by atoms with van der Waals surface area (Å²) in [7, 11) is 0. The van der Waals surface area contributed by atoms with E-state index in [0.717, 1.165) is 65.7 Å². The summed E-state index contributed by atoms with van der Waals surface area (Å²) in [6.07, 6.45) is 2.08. The molecule has 0 spiro atoms. The predicted molar refractivity (Wildman–Crippen MR) is 143 cm³/mol. The number of thiazole rings is 1. The molecule has 1 aliphatic rings. The largest absolute Gasteiger partial charge is 0.399 e.